The zero-order valence-corrected chi connectivity index (χ0v) is 11.7. The summed E-state index contributed by atoms with van der Waals surface area (Å²) in [5.74, 6) is -0.835. The minimum atomic E-state index is -0.557. The number of carbonyl (C=O) groups excluding carboxylic acids is 1. The smallest absolute Gasteiger partial charge is 0.254 e. The third-order valence-electron chi connectivity index (χ3n) is 2.38. The van der Waals surface area contributed by atoms with Crippen LogP contribution in [0.4, 0.5) is 4.39 Å². The average molecular weight is 289 g/mol. The molecule has 0 aliphatic carbocycles. The van der Waals surface area contributed by atoms with E-state index in [0.717, 1.165) is 6.07 Å². The molecule has 0 aliphatic rings. The second-order valence-corrected chi connectivity index (χ2v) is 5.05. The van der Waals surface area contributed by atoms with Crippen molar-refractivity contribution in [2.75, 3.05) is 6.54 Å². The van der Waals surface area contributed by atoms with Crippen molar-refractivity contribution in [1.82, 2.24) is 4.90 Å². The van der Waals surface area contributed by atoms with Crippen molar-refractivity contribution in [1.29, 1.82) is 0 Å². The topological polar surface area (TPSA) is 46.3 Å². The fraction of sp³-hybridized carbons (Fsp3) is 0.333. The second-order valence-electron chi connectivity index (χ2n) is 4.12. The fourth-order valence-corrected chi connectivity index (χ4v) is 1.77. The molecular weight excluding hydrogens is 275 g/mol. The number of thiocarbonyl (C=S) groups is 1. The molecule has 0 bridgehead atoms. The van der Waals surface area contributed by atoms with Crippen LogP contribution in [-0.4, -0.2) is 28.4 Å². The quantitative estimate of drug-likeness (QED) is 0.867. The van der Waals surface area contributed by atoms with Crippen LogP contribution in [0.15, 0.2) is 18.2 Å². The van der Waals surface area contributed by atoms with Gasteiger partial charge in [-0.3, -0.25) is 4.79 Å². The molecule has 2 N–H and O–H groups in total. The monoisotopic (exact) mass is 288 g/mol. The highest BCUT2D eigenvalue weighted by Crippen LogP contribution is 2.18. The summed E-state index contributed by atoms with van der Waals surface area (Å²) in [7, 11) is 0. The van der Waals surface area contributed by atoms with Gasteiger partial charge in [-0.1, -0.05) is 23.8 Å². The van der Waals surface area contributed by atoms with E-state index in [1.807, 2.05) is 13.8 Å². The molecule has 0 saturated heterocycles. The van der Waals surface area contributed by atoms with Gasteiger partial charge >= 0.3 is 0 Å². The van der Waals surface area contributed by atoms with E-state index in [9.17, 15) is 9.18 Å². The molecule has 0 unspecified atom stereocenters. The predicted molar refractivity (Wildman–Crippen MR) is 74.4 cm³/mol. The van der Waals surface area contributed by atoms with Gasteiger partial charge in [0, 0.05) is 11.6 Å². The first kappa shape index (κ1) is 14.9. The molecule has 0 saturated carbocycles. The molecule has 1 aromatic rings. The summed E-state index contributed by atoms with van der Waals surface area (Å²) >= 11 is 10.5. The van der Waals surface area contributed by atoms with E-state index in [1.165, 1.54) is 17.0 Å². The van der Waals surface area contributed by atoms with Crippen LogP contribution in [0.25, 0.3) is 0 Å². The predicted octanol–water partition coefficient (Wildman–Crippen LogP) is 2.62. The van der Waals surface area contributed by atoms with Crippen LogP contribution in [0.5, 0.6) is 0 Å². The van der Waals surface area contributed by atoms with Gasteiger partial charge in [0.2, 0.25) is 0 Å². The summed E-state index contributed by atoms with van der Waals surface area (Å²) in [6.45, 7) is 3.88. The SMILES string of the molecule is CC(C)N(CC(N)=S)C(=O)c1ccc(F)c(Cl)c1. The van der Waals surface area contributed by atoms with Gasteiger partial charge in [-0.05, 0) is 32.0 Å². The number of hydrogen-bond donors (Lipinski definition) is 1. The van der Waals surface area contributed by atoms with Gasteiger partial charge in [0.25, 0.3) is 5.91 Å². The van der Waals surface area contributed by atoms with E-state index in [-0.39, 0.29) is 28.5 Å². The summed E-state index contributed by atoms with van der Waals surface area (Å²) in [5, 5.41) is -0.0834. The molecule has 1 amide bonds. The number of hydrogen-bond acceptors (Lipinski definition) is 2. The van der Waals surface area contributed by atoms with Crippen molar-refractivity contribution >= 4 is 34.7 Å². The molecule has 3 nitrogen and oxygen atoms in total. The Hall–Kier alpha value is -1.20. The van der Waals surface area contributed by atoms with E-state index in [2.05, 4.69) is 0 Å². The zero-order chi connectivity index (χ0) is 13.9. The van der Waals surface area contributed by atoms with Gasteiger partial charge in [0.15, 0.2) is 0 Å². The molecule has 1 rings (SSSR count). The summed E-state index contributed by atoms with van der Waals surface area (Å²) < 4.78 is 13.0. The van der Waals surface area contributed by atoms with Crippen LogP contribution < -0.4 is 5.73 Å². The number of carbonyl (C=O) groups is 1. The highest BCUT2D eigenvalue weighted by Gasteiger charge is 2.20. The molecule has 0 fully saturated rings. The number of nitrogens with zero attached hydrogens (tertiary/aromatic N) is 1. The highest BCUT2D eigenvalue weighted by molar-refractivity contribution is 7.80. The standard InChI is InChI=1S/C12H14ClFN2OS/c1-7(2)16(6-11(15)18)12(17)8-3-4-10(14)9(13)5-8/h3-5,7H,6H2,1-2H3,(H2,15,18). The van der Waals surface area contributed by atoms with E-state index < -0.39 is 5.82 Å². The van der Waals surface area contributed by atoms with Gasteiger partial charge in [0.1, 0.15) is 5.82 Å². The number of benzene rings is 1. The Morgan fingerprint density at radius 3 is 2.61 bits per heavy atom. The van der Waals surface area contributed by atoms with Crippen molar-refractivity contribution in [3.05, 3.63) is 34.6 Å². The average Bonchev–Trinajstić information content (AvgIpc) is 2.28. The lowest BCUT2D eigenvalue weighted by Crippen LogP contribution is -2.42. The minimum absolute atomic E-state index is 0.0668. The molecule has 18 heavy (non-hydrogen) atoms. The normalized spacial score (nSPS) is 10.5. The van der Waals surface area contributed by atoms with Gasteiger partial charge in [0.05, 0.1) is 16.6 Å². The largest absolute Gasteiger partial charge is 0.392 e. The van der Waals surface area contributed by atoms with Gasteiger partial charge in [-0.15, -0.1) is 0 Å². The Bertz CT molecular complexity index is 479. The van der Waals surface area contributed by atoms with Crippen LogP contribution in [0.1, 0.15) is 24.2 Å². The molecule has 0 radical (unpaired) electrons. The Morgan fingerprint density at radius 2 is 2.17 bits per heavy atom. The summed E-state index contributed by atoms with van der Waals surface area (Å²) in [4.78, 5) is 13.9. The maximum absolute atomic E-state index is 13.0. The van der Waals surface area contributed by atoms with Crippen LogP contribution in [0.3, 0.4) is 0 Å². The molecule has 0 atom stereocenters. The first-order chi connectivity index (χ1) is 8.32. The third kappa shape index (κ3) is 3.65. The molecule has 0 aromatic heterocycles. The summed E-state index contributed by atoms with van der Waals surface area (Å²) in [6, 6.07) is 3.78. The van der Waals surface area contributed by atoms with Crippen molar-refractivity contribution in [2.45, 2.75) is 19.9 Å². The zero-order valence-electron chi connectivity index (χ0n) is 10.1. The van der Waals surface area contributed by atoms with Gasteiger partial charge in [-0.25, -0.2) is 4.39 Å². The Kier molecular flexibility index (Phi) is 5.04. The van der Waals surface area contributed by atoms with Gasteiger partial charge in [-0.2, -0.15) is 0 Å². The number of rotatable bonds is 4. The van der Waals surface area contributed by atoms with Crippen molar-refractivity contribution in [3.63, 3.8) is 0 Å². The van der Waals surface area contributed by atoms with Crippen molar-refractivity contribution in [3.8, 4) is 0 Å². The Balaban J connectivity index is 3.02. The number of halogens is 2. The lowest BCUT2D eigenvalue weighted by molar-refractivity contribution is 0.0736. The third-order valence-corrected chi connectivity index (χ3v) is 2.80. The van der Waals surface area contributed by atoms with E-state index in [4.69, 9.17) is 29.6 Å². The molecule has 98 valence electrons. The molecular formula is C12H14ClFN2OS. The first-order valence-corrected chi connectivity index (χ1v) is 6.16. The maximum atomic E-state index is 13.0. The molecule has 0 aliphatic heterocycles. The van der Waals surface area contributed by atoms with E-state index in [1.54, 1.807) is 0 Å². The van der Waals surface area contributed by atoms with Crippen molar-refractivity contribution < 1.29 is 9.18 Å². The molecule has 1 aromatic carbocycles. The Morgan fingerprint density at radius 1 is 1.56 bits per heavy atom. The van der Waals surface area contributed by atoms with Gasteiger partial charge < -0.3 is 10.6 Å². The second kappa shape index (κ2) is 6.11. The molecule has 0 spiro atoms. The van der Waals surface area contributed by atoms with Crippen LogP contribution in [0, 0.1) is 5.82 Å². The lowest BCUT2D eigenvalue weighted by Gasteiger charge is -2.26. The summed E-state index contributed by atoms with van der Waals surface area (Å²) in [5.41, 5.74) is 5.76. The first-order valence-electron chi connectivity index (χ1n) is 5.37. The van der Waals surface area contributed by atoms with Crippen molar-refractivity contribution in [2.24, 2.45) is 5.73 Å². The maximum Gasteiger partial charge on any atom is 0.254 e. The molecule has 6 heteroatoms. The number of amides is 1. The van der Waals surface area contributed by atoms with Crippen LogP contribution in [0.2, 0.25) is 5.02 Å². The highest BCUT2D eigenvalue weighted by atomic mass is 35.5. The van der Waals surface area contributed by atoms with E-state index in [0.29, 0.717) is 5.56 Å². The summed E-state index contributed by atoms with van der Waals surface area (Å²) in [6.07, 6.45) is 0. The fourth-order valence-electron chi connectivity index (χ4n) is 1.45. The minimum Gasteiger partial charge on any atom is -0.392 e. The molecule has 0 heterocycles. The number of nitrogens with two attached hydrogens (primary N) is 1. The van der Waals surface area contributed by atoms with Crippen LogP contribution >= 0.6 is 23.8 Å². The van der Waals surface area contributed by atoms with E-state index >= 15 is 0 Å². The van der Waals surface area contributed by atoms with Crippen LogP contribution in [-0.2, 0) is 0 Å². The Labute approximate surface area is 116 Å². The lowest BCUT2D eigenvalue weighted by atomic mass is 10.1.